The molecule has 0 radical (unpaired) electrons. The lowest BCUT2D eigenvalue weighted by molar-refractivity contribution is -0.121. The Morgan fingerprint density at radius 1 is 1.19 bits per heavy atom. The second-order valence-electron chi connectivity index (χ2n) is 5.90. The van der Waals surface area contributed by atoms with Crippen LogP contribution in [0, 0.1) is 5.82 Å². The lowest BCUT2D eigenvalue weighted by Crippen LogP contribution is -2.34. The number of sulfonamides is 1. The first kappa shape index (κ1) is 18.9. The van der Waals surface area contributed by atoms with Crippen LogP contribution in [-0.2, 0) is 14.8 Å². The van der Waals surface area contributed by atoms with E-state index in [4.69, 9.17) is 0 Å². The van der Waals surface area contributed by atoms with Gasteiger partial charge in [-0.1, -0.05) is 18.2 Å². The highest BCUT2D eigenvalue weighted by atomic mass is 32.2. The summed E-state index contributed by atoms with van der Waals surface area (Å²) in [5.41, 5.74) is 0.777. The third-order valence-electron chi connectivity index (χ3n) is 4.04. The molecule has 1 aliphatic heterocycles. The average Bonchev–Trinajstić information content (AvgIpc) is 2.63. The molecule has 0 saturated carbocycles. The first-order valence-corrected chi connectivity index (χ1v) is 10.7. The molecule has 1 aliphatic rings. The molecular weight excluding hydrogens is 375 g/mol. The van der Waals surface area contributed by atoms with Gasteiger partial charge in [-0.25, -0.2) is 17.5 Å². The van der Waals surface area contributed by atoms with Gasteiger partial charge in [-0.05, 0) is 42.3 Å². The van der Waals surface area contributed by atoms with Crippen molar-refractivity contribution in [2.24, 2.45) is 0 Å². The molecule has 0 aliphatic carbocycles. The molecule has 1 unspecified atom stereocenters. The lowest BCUT2D eigenvalue weighted by atomic mass is 10.0. The molecular formula is C18H19FN2O3S2. The number of amides is 1. The maximum Gasteiger partial charge on any atom is 0.240 e. The van der Waals surface area contributed by atoms with Crippen molar-refractivity contribution in [2.45, 2.75) is 28.7 Å². The van der Waals surface area contributed by atoms with Crippen LogP contribution in [0.4, 0.5) is 4.39 Å². The molecule has 0 aromatic heterocycles. The van der Waals surface area contributed by atoms with E-state index in [0.29, 0.717) is 6.42 Å². The first-order chi connectivity index (χ1) is 12.5. The highest BCUT2D eigenvalue weighted by Crippen LogP contribution is 2.36. The number of carbonyl (C=O) groups is 1. The summed E-state index contributed by atoms with van der Waals surface area (Å²) in [6, 6.07) is 12.3. The van der Waals surface area contributed by atoms with Crippen molar-refractivity contribution < 1.29 is 17.6 Å². The first-order valence-electron chi connectivity index (χ1n) is 8.22. The topological polar surface area (TPSA) is 75.3 Å². The lowest BCUT2D eigenvalue weighted by Gasteiger charge is -2.26. The van der Waals surface area contributed by atoms with Crippen LogP contribution in [0.1, 0.15) is 24.4 Å². The Hall–Kier alpha value is -1.90. The van der Waals surface area contributed by atoms with Gasteiger partial charge in [0.2, 0.25) is 15.9 Å². The van der Waals surface area contributed by atoms with Gasteiger partial charge in [-0.2, -0.15) is 0 Å². The van der Waals surface area contributed by atoms with E-state index in [0.717, 1.165) is 16.2 Å². The van der Waals surface area contributed by atoms with E-state index in [-0.39, 0.29) is 35.6 Å². The molecule has 8 heteroatoms. The third-order valence-corrected chi connectivity index (χ3v) is 6.64. The quantitative estimate of drug-likeness (QED) is 0.790. The van der Waals surface area contributed by atoms with E-state index in [1.165, 1.54) is 24.3 Å². The summed E-state index contributed by atoms with van der Waals surface area (Å²) < 4.78 is 40.2. The summed E-state index contributed by atoms with van der Waals surface area (Å²) >= 11 is 1.64. The van der Waals surface area contributed by atoms with Crippen molar-refractivity contribution in [3.63, 3.8) is 0 Å². The summed E-state index contributed by atoms with van der Waals surface area (Å²) in [4.78, 5) is 13.3. The number of hydrogen-bond donors (Lipinski definition) is 2. The van der Waals surface area contributed by atoms with Crippen molar-refractivity contribution in [3.05, 3.63) is 59.9 Å². The smallest absolute Gasteiger partial charge is 0.240 e. The minimum atomic E-state index is -3.63. The normalized spacial score (nSPS) is 16.7. The summed E-state index contributed by atoms with van der Waals surface area (Å²) in [7, 11) is -3.63. The molecule has 0 saturated heterocycles. The number of rotatable bonds is 6. The van der Waals surface area contributed by atoms with Crippen LogP contribution < -0.4 is 10.0 Å². The number of hydrogen-bond acceptors (Lipinski definition) is 4. The molecule has 26 heavy (non-hydrogen) atoms. The maximum absolute atomic E-state index is 13.5. The SMILES string of the molecule is O=C(CCNS(=O)(=O)c1ccccc1)NC1CCSc2ccc(F)cc21. The van der Waals surface area contributed by atoms with Gasteiger partial charge in [0.15, 0.2) is 0 Å². The molecule has 138 valence electrons. The van der Waals surface area contributed by atoms with Crippen LogP contribution in [0.2, 0.25) is 0 Å². The van der Waals surface area contributed by atoms with Crippen molar-refractivity contribution in [1.29, 1.82) is 0 Å². The predicted octanol–water partition coefficient (Wildman–Crippen LogP) is 2.85. The van der Waals surface area contributed by atoms with Crippen LogP contribution in [0.5, 0.6) is 0 Å². The van der Waals surface area contributed by atoms with E-state index in [1.54, 1.807) is 36.0 Å². The van der Waals surface area contributed by atoms with E-state index in [1.807, 2.05) is 0 Å². The third kappa shape index (κ3) is 4.63. The van der Waals surface area contributed by atoms with Crippen molar-refractivity contribution >= 4 is 27.7 Å². The second-order valence-corrected chi connectivity index (χ2v) is 8.80. The number of fused-ring (bicyclic) bond motifs is 1. The van der Waals surface area contributed by atoms with Crippen LogP contribution >= 0.6 is 11.8 Å². The van der Waals surface area contributed by atoms with Gasteiger partial charge in [0, 0.05) is 23.6 Å². The second kappa shape index (κ2) is 8.20. The molecule has 2 N–H and O–H groups in total. The average molecular weight is 394 g/mol. The zero-order valence-electron chi connectivity index (χ0n) is 13.9. The molecule has 1 heterocycles. The molecule has 0 bridgehead atoms. The fourth-order valence-electron chi connectivity index (χ4n) is 2.76. The van der Waals surface area contributed by atoms with Crippen LogP contribution in [0.3, 0.4) is 0 Å². The van der Waals surface area contributed by atoms with Gasteiger partial charge in [0.05, 0.1) is 10.9 Å². The van der Waals surface area contributed by atoms with Crippen LogP contribution in [0.25, 0.3) is 0 Å². The van der Waals surface area contributed by atoms with E-state index in [9.17, 15) is 17.6 Å². The molecule has 0 fully saturated rings. The number of thioether (sulfide) groups is 1. The Morgan fingerprint density at radius 2 is 1.96 bits per heavy atom. The molecule has 0 spiro atoms. The van der Waals surface area contributed by atoms with Gasteiger partial charge in [0.25, 0.3) is 0 Å². The largest absolute Gasteiger partial charge is 0.349 e. The van der Waals surface area contributed by atoms with Gasteiger partial charge < -0.3 is 5.32 Å². The van der Waals surface area contributed by atoms with Gasteiger partial charge >= 0.3 is 0 Å². The summed E-state index contributed by atoms with van der Waals surface area (Å²) in [6.07, 6.45) is 0.725. The number of nitrogens with one attached hydrogen (secondary N) is 2. The van der Waals surface area contributed by atoms with E-state index >= 15 is 0 Å². The monoisotopic (exact) mass is 394 g/mol. The van der Waals surface area contributed by atoms with Crippen LogP contribution in [-0.4, -0.2) is 26.6 Å². The Kier molecular flexibility index (Phi) is 5.95. The van der Waals surface area contributed by atoms with Crippen molar-refractivity contribution in [2.75, 3.05) is 12.3 Å². The number of halogens is 1. The highest BCUT2D eigenvalue weighted by Gasteiger charge is 2.23. The summed E-state index contributed by atoms with van der Waals surface area (Å²) in [6.45, 7) is 0.000535. The predicted molar refractivity (Wildman–Crippen MR) is 98.9 cm³/mol. The zero-order chi connectivity index (χ0) is 18.6. The van der Waals surface area contributed by atoms with E-state index < -0.39 is 10.0 Å². The maximum atomic E-state index is 13.5. The van der Waals surface area contributed by atoms with Gasteiger partial charge in [0.1, 0.15) is 5.82 Å². The minimum absolute atomic E-state index is 0.000535. The molecule has 1 amide bonds. The standard InChI is InChI=1S/C18H19FN2O3S2/c19-13-6-7-17-15(12-13)16(9-11-25-17)21-18(22)8-10-20-26(23,24)14-4-2-1-3-5-14/h1-7,12,16,20H,8-11H2,(H,21,22). The molecule has 1 atom stereocenters. The van der Waals surface area contributed by atoms with Crippen LogP contribution in [0.15, 0.2) is 58.3 Å². The Labute approximate surface area is 156 Å². The molecule has 2 aromatic carbocycles. The van der Waals surface area contributed by atoms with Crippen molar-refractivity contribution in [1.82, 2.24) is 10.0 Å². The zero-order valence-corrected chi connectivity index (χ0v) is 15.6. The Morgan fingerprint density at radius 3 is 2.73 bits per heavy atom. The summed E-state index contributed by atoms with van der Waals surface area (Å²) in [5.74, 6) is 0.235. The summed E-state index contributed by atoms with van der Waals surface area (Å²) in [5, 5.41) is 2.87. The Bertz CT molecular complexity index is 889. The minimum Gasteiger partial charge on any atom is -0.349 e. The van der Waals surface area contributed by atoms with Gasteiger partial charge in [-0.3, -0.25) is 4.79 Å². The van der Waals surface area contributed by atoms with E-state index in [2.05, 4.69) is 10.0 Å². The fraction of sp³-hybridized carbons (Fsp3) is 0.278. The highest BCUT2D eigenvalue weighted by molar-refractivity contribution is 7.99. The van der Waals surface area contributed by atoms with Gasteiger partial charge in [-0.15, -0.1) is 11.8 Å². The molecule has 5 nitrogen and oxygen atoms in total. The number of carbonyl (C=O) groups excluding carboxylic acids is 1. The fourth-order valence-corrected chi connectivity index (χ4v) is 4.92. The van der Waals surface area contributed by atoms with Crippen molar-refractivity contribution in [3.8, 4) is 0 Å². The Balaban J connectivity index is 1.55. The number of benzene rings is 2. The molecule has 3 rings (SSSR count). The molecule has 2 aromatic rings.